The smallest absolute Gasteiger partial charge is 0.327 e. The summed E-state index contributed by atoms with van der Waals surface area (Å²) in [5.74, 6) is 0.0373. The maximum Gasteiger partial charge on any atom is 0.327 e. The molecule has 21 heavy (non-hydrogen) atoms. The Bertz CT molecular complexity index is 542. The van der Waals surface area contributed by atoms with Crippen molar-refractivity contribution in [3.05, 3.63) is 35.4 Å². The summed E-state index contributed by atoms with van der Waals surface area (Å²) in [4.78, 5) is 13.9. The van der Waals surface area contributed by atoms with Crippen LogP contribution in [0.1, 0.15) is 29.8 Å². The molecule has 0 spiro atoms. The second-order valence-electron chi connectivity index (χ2n) is 4.50. The Balaban J connectivity index is 1.87. The molecule has 0 atom stereocenters. The lowest BCUT2D eigenvalue weighted by Crippen LogP contribution is -2.27. The van der Waals surface area contributed by atoms with E-state index in [4.69, 9.17) is 25.4 Å². The number of hydrogen-bond donors (Lipinski definition) is 0. The fraction of sp³-hybridized carbons (Fsp3) is 0.500. The maximum atomic E-state index is 12.2. The highest BCUT2D eigenvalue weighted by Crippen LogP contribution is 2.49. The standard InChI is InChI=1S/C14H20NO4PS/c1-3-17-20(21,18-4-2)19-10-9-15-11-12-7-5-6-8-13(12)14(15)16/h5-8H,3-4,9-11H2,1-2H3. The summed E-state index contributed by atoms with van der Waals surface area (Å²) in [6.45, 7) is 3.34. The molecule has 5 nitrogen and oxygen atoms in total. The van der Waals surface area contributed by atoms with E-state index >= 15 is 0 Å². The lowest BCUT2D eigenvalue weighted by Gasteiger charge is -2.22. The van der Waals surface area contributed by atoms with E-state index in [-0.39, 0.29) is 5.91 Å². The van der Waals surface area contributed by atoms with Crippen LogP contribution in [0.15, 0.2) is 24.3 Å². The minimum absolute atomic E-state index is 0.0373. The Hall–Kier alpha value is -0.780. The van der Waals surface area contributed by atoms with Gasteiger partial charge in [0.2, 0.25) is 0 Å². The predicted octanol–water partition coefficient (Wildman–Crippen LogP) is 2.96. The number of carbonyl (C=O) groups excluding carboxylic acids is 1. The predicted molar refractivity (Wildman–Crippen MR) is 84.7 cm³/mol. The first-order chi connectivity index (χ1) is 10.1. The number of amides is 1. The lowest BCUT2D eigenvalue weighted by molar-refractivity contribution is 0.0737. The van der Waals surface area contributed by atoms with Crippen LogP contribution in [0.5, 0.6) is 0 Å². The van der Waals surface area contributed by atoms with E-state index < -0.39 is 6.72 Å². The van der Waals surface area contributed by atoms with Crippen LogP contribution in [0, 0.1) is 0 Å². The molecule has 0 aliphatic carbocycles. The number of nitrogens with zero attached hydrogens (tertiary/aromatic N) is 1. The Labute approximate surface area is 130 Å². The van der Waals surface area contributed by atoms with Crippen molar-refractivity contribution in [1.82, 2.24) is 4.90 Å². The number of fused-ring (bicyclic) bond motifs is 1. The number of hydrogen-bond acceptors (Lipinski definition) is 5. The molecule has 0 unspecified atom stereocenters. The third-order valence-electron chi connectivity index (χ3n) is 3.08. The molecule has 1 aromatic carbocycles. The van der Waals surface area contributed by atoms with Gasteiger partial charge in [-0.1, -0.05) is 18.2 Å². The molecule has 0 N–H and O–H groups in total. The van der Waals surface area contributed by atoms with E-state index in [0.717, 1.165) is 11.1 Å². The van der Waals surface area contributed by atoms with E-state index in [1.54, 1.807) is 4.90 Å². The Morgan fingerprint density at radius 3 is 2.48 bits per heavy atom. The van der Waals surface area contributed by atoms with Gasteiger partial charge in [0.05, 0.1) is 19.8 Å². The SMILES string of the molecule is CCOP(=S)(OCC)OCCN1Cc2ccccc2C1=O. The first-order valence-corrected chi connectivity index (χ1v) is 9.56. The Kier molecular flexibility index (Phi) is 5.90. The fourth-order valence-corrected chi connectivity index (χ4v) is 4.20. The van der Waals surface area contributed by atoms with Crippen molar-refractivity contribution >= 4 is 24.4 Å². The summed E-state index contributed by atoms with van der Waals surface area (Å²) in [6.07, 6.45) is 0. The molecule has 116 valence electrons. The van der Waals surface area contributed by atoms with Crippen LogP contribution < -0.4 is 0 Å². The summed E-state index contributed by atoms with van der Waals surface area (Å²) in [5.41, 5.74) is 1.82. The number of benzene rings is 1. The minimum atomic E-state index is -2.67. The first kappa shape index (κ1) is 16.6. The van der Waals surface area contributed by atoms with Crippen molar-refractivity contribution in [2.24, 2.45) is 0 Å². The fourth-order valence-electron chi connectivity index (χ4n) is 2.19. The molecule has 0 fully saturated rings. The third kappa shape index (κ3) is 4.11. The van der Waals surface area contributed by atoms with Crippen molar-refractivity contribution in [3.8, 4) is 0 Å². The Morgan fingerprint density at radius 2 is 1.86 bits per heavy atom. The van der Waals surface area contributed by atoms with Gasteiger partial charge in [0, 0.05) is 18.7 Å². The van der Waals surface area contributed by atoms with E-state index in [2.05, 4.69) is 0 Å². The van der Waals surface area contributed by atoms with Crippen molar-refractivity contribution in [2.75, 3.05) is 26.4 Å². The topological polar surface area (TPSA) is 48.0 Å². The van der Waals surface area contributed by atoms with Crippen molar-refractivity contribution in [2.45, 2.75) is 20.4 Å². The number of carbonyl (C=O) groups is 1. The molecule has 0 saturated carbocycles. The molecule has 2 rings (SSSR count). The van der Waals surface area contributed by atoms with E-state index in [0.29, 0.717) is 32.9 Å². The summed E-state index contributed by atoms with van der Waals surface area (Å²) < 4.78 is 16.4. The van der Waals surface area contributed by atoms with Gasteiger partial charge in [-0.05, 0) is 37.3 Å². The summed E-state index contributed by atoms with van der Waals surface area (Å²) in [6, 6.07) is 7.64. The van der Waals surface area contributed by atoms with Crippen LogP contribution in [-0.2, 0) is 31.9 Å². The van der Waals surface area contributed by atoms with Gasteiger partial charge < -0.3 is 18.5 Å². The van der Waals surface area contributed by atoms with Crippen molar-refractivity contribution < 1.29 is 18.4 Å². The normalized spacial score (nSPS) is 14.6. The molecule has 0 aromatic heterocycles. The average molecular weight is 329 g/mol. The zero-order chi connectivity index (χ0) is 15.3. The lowest BCUT2D eigenvalue weighted by atomic mass is 10.1. The Morgan fingerprint density at radius 1 is 1.19 bits per heavy atom. The van der Waals surface area contributed by atoms with Gasteiger partial charge in [0.25, 0.3) is 5.91 Å². The van der Waals surface area contributed by atoms with E-state index in [9.17, 15) is 4.79 Å². The van der Waals surface area contributed by atoms with Crippen LogP contribution >= 0.6 is 6.72 Å². The van der Waals surface area contributed by atoms with Crippen LogP contribution in [0.4, 0.5) is 0 Å². The number of rotatable bonds is 8. The molecule has 0 radical (unpaired) electrons. The van der Waals surface area contributed by atoms with E-state index in [1.165, 1.54) is 0 Å². The van der Waals surface area contributed by atoms with Gasteiger partial charge >= 0.3 is 6.72 Å². The summed E-state index contributed by atoms with van der Waals surface area (Å²) in [5, 5.41) is 0. The molecule has 1 aliphatic rings. The molecule has 0 saturated heterocycles. The van der Waals surface area contributed by atoms with Gasteiger partial charge in [-0.15, -0.1) is 0 Å². The molecule has 1 aliphatic heterocycles. The largest absolute Gasteiger partial charge is 0.332 e. The van der Waals surface area contributed by atoms with Crippen molar-refractivity contribution in [1.29, 1.82) is 0 Å². The molecule has 1 heterocycles. The highest BCUT2D eigenvalue weighted by Gasteiger charge is 2.27. The van der Waals surface area contributed by atoms with Crippen LogP contribution in [0.3, 0.4) is 0 Å². The molecular weight excluding hydrogens is 309 g/mol. The second kappa shape index (κ2) is 7.47. The van der Waals surface area contributed by atoms with Gasteiger partial charge in [0.1, 0.15) is 0 Å². The average Bonchev–Trinajstić information content (AvgIpc) is 2.77. The third-order valence-corrected chi connectivity index (χ3v) is 5.68. The van der Waals surface area contributed by atoms with Crippen LogP contribution in [0.25, 0.3) is 0 Å². The molecule has 1 aromatic rings. The highest BCUT2D eigenvalue weighted by atomic mass is 32.5. The summed E-state index contributed by atoms with van der Waals surface area (Å²) >= 11 is 5.28. The first-order valence-electron chi connectivity index (χ1n) is 7.00. The van der Waals surface area contributed by atoms with Gasteiger partial charge in [-0.2, -0.15) is 0 Å². The van der Waals surface area contributed by atoms with Crippen molar-refractivity contribution in [3.63, 3.8) is 0 Å². The minimum Gasteiger partial charge on any atom is -0.332 e. The van der Waals surface area contributed by atoms with Crippen LogP contribution in [0.2, 0.25) is 0 Å². The van der Waals surface area contributed by atoms with Crippen LogP contribution in [-0.4, -0.2) is 37.2 Å². The molecule has 0 bridgehead atoms. The van der Waals surface area contributed by atoms with Gasteiger partial charge in [-0.3, -0.25) is 4.79 Å². The monoisotopic (exact) mass is 329 g/mol. The quantitative estimate of drug-likeness (QED) is 0.686. The maximum absolute atomic E-state index is 12.2. The second-order valence-corrected chi connectivity index (χ2v) is 7.51. The molecular formula is C14H20NO4PS. The summed E-state index contributed by atoms with van der Waals surface area (Å²) in [7, 11) is 0. The van der Waals surface area contributed by atoms with Gasteiger partial charge in [0.15, 0.2) is 0 Å². The zero-order valence-electron chi connectivity index (χ0n) is 12.3. The highest BCUT2D eigenvalue weighted by molar-refractivity contribution is 8.07. The molecule has 1 amide bonds. The van der Waals surface area contributed by atoms with E-state index in [1.807, 2.05) is 38.1 Å². The molecule has 7 heteroatoms. The zero-order valence-corrected chi connectivity index (χ0v) is 14.0. The van der Waals surface area contributed by atoms with Gasteiger partial charge in [-0.25, -0.2) is 0 Å².